The smallest absolute Gasteiger partial charge is 0.144 e. The van der Waals surface area contributed by atoms with E-state index in [9.17, 15) is 20.4 Å². The summed E-state index contributed by atoms with van der Waals surface area (Å²) >= 11 is 0. The van der Waals surface area contributed by atoms with Gasteiger partial charge in [0.1, 0.15) is 54.2 Å². The number of hydrogen-bond donors (Lipinski definition) is 4. The SMILES string of the molecule is Cc1ccc2c(c1)OC(C)(COc1ccc(Cc3cc([C@@H]4O[C@H](CO)[C@@H](O)[C@H](O)[C@H]4O)ccc3C)cc1)C2. The van der Waals surface area contributed by atoms with E-state index >= 15 is 0 Å². The predicted molar refractivity (Wildman–Crippen MR) is 143 cm³/mol. The van der Waals surface area contributed by atoms with Crippen LogP contribution >= 0.6 is 0 Å². The molecule has 7 heteroatoms. The predicted octanol–water partition coefficient (Wildman–Crippen LogP) is 3.18. The quantitative estimate of drug-likeness (QED) is 0.379. The number of rotatable bonds is 7. The molecule has 1 unspecified atom stereocenters. The molecule has 1 saturated heterocycles. The van der Waals surface area contributed by atoms with Crippen molar-refractivity contribution in [3.63, 3.8) is 0 Å². The van der Waals surface area contributed by atoms with E-state index in [-0.39, 0.29) is 0 Å². The highest BCUT2D eigenvalue weighted by atomic mass is 16.6. The number of aliphatic hydroxyl groups is 4. The molecule has 0 aromatic heterocycles. The third-order valence-electron chi connectivity index (χ3n) is 7.60. The van der Waals surface area contributed by atoms with Gasteiger partial charge < -0.3 is 34.6 Å². The Morgan fingerprint density at radius 1 is 0.921 bits per heavy atom. The van der Waals surface area contributed by atoms with Gasteiger partial charge in [-0.15, -0.1) is 0 Å². The highest BCUT2D eigenvalue weighted by Crippen LogP contribution is 2.36. The van der Waals surface area contributed by atoms with Crippen molar-refractivity contribution < 1.29 is 34.6 Å². The van der Waals surface area contributed by atoms with Crippen LogP contribution in [-0.2, 0) is 17.6 Å². The summed E-state index contributed by atoms with van der Waals surface area (Å²) in [6.07, 6.45) is -4.40. The van der Waals surface area contributed by atoms with Crippen molar-refractivity contribution in [3.8, 4) is 11.5 Å². The lowest BCUT2D eigenvalue weighted by Crippen LogP contribution is -2.55. The molecule has 0 bridgehead atoms. The fourth-order valence-electron chi connectivity index (χ4n) is 5.28. The normalized spacial score (nSPS) is 28.6. The second kappa shape index (κ2) is 10.7. The summed E-state index contributed by atoms with van der Waals surface area (Å²) < 4.78 is 18.1. The first-order chi connectivity index (χ1) is 18.2. The Kier molecular flexibility index (Phi) is 7.49. The number of hydrogen-bond acceptors (Lipinski definition) is 7. The second-order valence-corrected chi connectivity index (χ2v) is 10.9. The molecule has 0 aliphatic carbocycles. The molecule has 1 fully saturated rings. The highest BCUT2D eigenvalue weighted by Gasteiger charge is 2.44. The van der Waals surface area contributed by atoms with E-state index in [1.54, 1.807) is 0 Å². The minimum Gasteiger partial charge on any atom is -0.489 e. The molecule has 6 atom stereocenters. The van der Waals surface area contributed by atoms with Gasteiger partial charge in [-0.2, -0.15) is 0 Å². The lowest BCUT2D eigenvalue weighted by atomic mass is 9.89. The van der Waals surface area contributed by atoms with Crippen LogP contribution in [0.2, 0.25) is 0 Å². The molecule has 2 heterocycles. The van der Waals surface area contributed by atoms with Crippen LogP contribution in [0.3, 0.4) is 0 Å². The molecule has 3 aromatic carbocycles. The Morgan fingerprint density at radius 2 is 1.68 bits per heavy atom. The van der Waals surface area contributed by atoms with Crippen molar-refractivity contribution >= 4 is 0 Å². The van der Waals surface area contributed by atoms with Crippen LogP contribution in [0, 0.1) is 13.8 Å². The molecule has 3 aromatic rings. The number of ether oxygens (including phenoxy) is 3. The molecular formula is C31H36O7. The van der Waals surface area contributed by atoms with Gasteiger partial charge in [0.2, 0.25) is 0 Å². The van der Waals surface area contributed by atoms with Crippen LogP contribution in [0.5, 0.6) is 11.5 Å². The summed E-state index contributed by atoms with van der Waals surface area (Å²) in [6.45, 7) is 6.14. The molecule has 7 nitrogen and oxygen atoms in total. The van der Waals surface area contributed by atoms with Gasteiger partial charge in [-0.25, -0.2) is 0 Å². The fraction of sp³-hybridized carbons (Fsp3) is 0.419. The molecule has 4 N–H and O–H groups in total. The summed E-state index contributed by atoms with van der Waals surface area (Å²) in [4.78, 5) is 0. The minimum atomic E-state index is -1.40. The first-order valence-corrected chi connectivity index (χ1v) is 13.1. The van der Waals surface area contributed by atoms with Crippen molar-refractivity contribution in [2.45, 2.75) is 69.7 Å². The maximum Gasteiger partial charge on any atom is 0.144 e. The molecule has 2 aliphatic heterocycles. The molecule has 5 rings (SSSR count). The van der Waals surface area contributed by atoms with Gasteiger partial charge >= 0.3 is 0 Å². The first-order valence-electron chi connectivity index (χ1n) is 13.1. The molecule has 202 valence electrons. The lowest BCUT2D eigenvalue weighted by Gasteiger charge is -2.40. The van der Waals surface area contributed by atoms with Gasteiger partial charge in [-0.3, -0.25) is 0 Å². The van der Waals surface area contributed by atoms with Gasteiger partial charge in [0.15, 0.2) is 0 Å². The van der Waals surface area contributed by atoms with Crippen LogP contribution in [0.4, 0.5) is 0 Å². The standard InChI is InChI=1S/C31H36O7/c1-18-4-8-22-15-31(3,38-25(22)12-18)17-36-24-10-6-20(7-11-24)13-23-14-21(9-5-19(23)2)30-29(35)28(34)27(33)26(16-32)37-30/h4-12,14,26-30,32-35H,13,15-17H2,1-3H3/t26-,27-,28+,29-,30+,31?/m1/s1. The molecule has 2 aliphatic rings. The molecule has 38 heavy (non-hydrogen) atoms. The second-order valence-electron chi connectivity index (χ2n) is 10.9. The van der Waals surface area contributed by atoms with Gasteiger partial charge in [0, 0.05) is 6.42 Å². The van der Waals surface area contributed by atoms with E-state index in [1.807, 2.05) is 49.4 Å². The monoisotopic (exact) mass is 520 g/mol. The van der Waals surface area contributed by atoms with Crippen molar-refractivity contribution in [1.82, 2.24) is 0 Å². The maximum absolute atomic E-state index is 10.5. The zero-order valence-corrected chi connectivity index (χ0v) is 22.0. The minimum absolute atomic E-state index is 0.406. The van der Waals surface area contributed by atoms with Crippen LogP contribution in [0.15, 0.2) is 60.7 Å². The third kappa shape index (κ3) is 5.44. The van der Waals surface area contributed by atoms with E-state index in [0.717, 1.165) is 34.6 Å². The number of aryl methyl sites for hydroxylation is 2. The van der Waals surface area contributed by atoms with E-state index < -0.39 is 42.7 Å². The summed E-state index contributed by atoms with van der Waals surface area (Å²) in [6, 6.07) is 20.0. The van der Waals surface area contributed by atoms with Crippen molar-refractivity contribution in [2.24, 2.45) is 0 Å². The summed E-state index contributed by atoms with van der Waals surface area (Å²) in [7, 11) is 0. The molecule has 0 spiro atoms. The van der Waals surface area contributed by atoms with Crippen molar-refractivity contribution in [3.05, 3.63) is 94.0 Å². The van der Waals surface area contributed by atoms with Crippen LogP contribution in [0.1, 0.15) is 46.4 Å². The summed E-state index contributed by atoms with van der Waals surface area (Å²) in [5.41, 5.74) is 5.89. The Bertz CT molecular complexity index is 1270. The van der Waals surface area contributed by atoms with Crippen molar-refractivity contribution in [2.75, 3.05) is 13.2 Å². The van der Waals surface area contributed by atoms with Crippen molar-refractivity contribution in [1.29, 1.82) is 0 Å². The third-order valence-corrected chi connectivity index (χ3v) is 7.60. The van der Waals surface area contributed by atoms with Crippen LogP contribution < -0.4 is 9.47 Å². The average Bonchev–Trinajstić information content (AvgIpc) is 3.24. The largest absolute Gasteiger partial charge is 0.489 e. The topological polar surface area (TPSA) is 109 Å². The zero-order chi connectivity index (χ0) is 27.0. The Labute approximate surface area is 223 Å². The van der Waals surface area contributed by atoms with Gasteiger partial charge in [0.25, 0.3) is 0 Å². The lowest BCUT2D eigenvalue weighted by molar-refractivity contribution is -0.231. The van der Waals surface area contributed by atoms with Crippen LogP contribution in [-0.4, -0.2) is 63.7 Å². The Morgan fingerprint density at radius 3 is 2.42 bits per heavy atom. The highest BCUT2D eigenvalue weighted by molar-refractivity contribution is 5.42. The molecule has 0 saturated carbocycles. The number of benzene rings is 3. The first kappa shape index (κ1) is 26.7. The van der Waals surface area contributed by atoms with E-state index in [0.29, 0.717) is 18.6 Å². The van der Waals surface area contributed by atoms with E-state index in [2.05, 4.69) is 32.0 Å². The van der Waals surface area contributed by atoms with E-state index in [1.165, 1.54) is 11.1 Å². The fourth-order valence-corrected chi connectivity index (χ4v) is 5.28. The summed E-state index contributed by atoms with van der Waals surface area (Å²) in [5, 5.41) is 40.3. The van der Waals surface area contributed by atoms with E-state index in [4.69, 9.17) is 14.2 Å². The summed E-state index contributed by atoms with van der Waals surface area (Å²) in [5.74, 6) is 1.71. The van der Waals surface area contributed by atoms with Gasteiger partial charge in [-0.1, -0.05) is 42.5 Å². The number of fused-ring (bicyclic) bond motifs is 1. The van der Waals surface area contributed by atoms with Gasteiger partial charge in [0.05, 0.1) is 6.61 Å². The maximum atomic E-state index is 10.5. The Balaban J connectivity index is 1.23. The Hall–Kier alpha value is -2.94. The van der Waals surface area contributed by atoms with Crippen LogP contribution in [0.25, 0.3) is 0 Å². The molecular weight excluding hydrogens is 484 g/mol. The molecule has 0 amide bonds. The van der Waals surface area contributed by atoms with Gasteiger partial charge in [-0.05, 0) is 78.8 Å². The zero-order valence-electron chi connectivity index (χ0n) is 22.0. The number of aliphatic hydroxyl groups excluding tert-OH is 4. The molecule has 0 radical (unpaired) electrons. The average molecular weight is 521 g/mol.